The molecule has 0 radical (unpaired) electrons. The lowest BCUT2D eigenvalue weighted by Crippen LogP contribution is -2.19. The van der Waals surface area contributed by atoms with Crippen molar-refractivity contribution in [2.75, 3.05) is 4.90 Å². The van der Waals surface area contributed by atoms with Gasteiger partial charge in [0.1, 0.15) is 5.75 Å². The van der Waals surface area contributed by atoms with E-state index in [0.717, 1.165) is 34.7 Å². The Morgan fingerprint density at radius 1 is 1.17 bits per heavy atom. The van der Waals surface area contributed by atoms with Gasteiger partial charge in [-0.1, -0.05) is 24.3 Å². The first-order valence-electron chi connectivity index (χ1n) is 5.86. The molecule has 0 saturated carbocycles. The molecule has 0 unspecified atom stereocenters. The molecule has 0 fully saturated rings. The molecule has 0 N–H and O–H groups in total. The van der Waals surface area contributed by atoms with Gasteiger partial charge in [0.2, 0.25) is 6.41 Å². The van der Waals surface area contributed by atoms with Gasteiger partial charge in [0.25, 0.3) is 0 Å². The van der Waals surface area contributed by atoms with Crippen molar-refractivity contribution in [1.82, 2.24) is 0 Å². The molecule has 0 bridgehead atoms. The van der Waals surface area contributed by atoms with Crippen molar-refractivity contribution in [3.8, 4) is 11.5 Å². The first-order valence-corrected chi connectivity index (χ1v) is 5.86. The van der Waals surface area contributed by atoms with Gasteiger partial charge in [0, 0.05) is 5.56 Å². The molecule has 90 valence electrons. The Morgan fingerprint density at radius 3 is 2.83 bits per heavy atom. The van der Waals surface area contributed by atoms with Gasteiger partial charge in [0.05, 0.1) is 12.2 Å². The zero-order valence-corrected chi connectivity index (χ0v) is 10.1. The number of ether oxygens (including phenoxy) is 1. The number of para-hydroxylation sites is 1. The Labute approximate surface area is 106 Å². The highest BCUT2D eigenvalue weighted by atomic mass is 16.5. The second-order valence-corrected chi connectivity index (χ2v) is 4.41. The molecule has 3 nitrogen and oxygen atoms in total. The van der Waals surface area contributed by atoms with E-state index in [1.54, 1.807) is 4.90 Å². The van der Waals surface area contributed by atoms with Crippen molar-refractivity contribution in [3.05, 3.63) is 53.6 Å². The lowest BCUT2D eigenvalue weighted by molar-refractivity contribution is -0.107. The van der Waals surface area contributed by atoms with E-state index < -0.39 is 0 Å². The van der Waals surface area contributed by atoms with Crippen LogP contribution in [0, 0.1) is 6.92 Å². The van der Waals surface area contributed by atoms with Crippen molar-refractivity contribution >= 4 is 12.1 Å². The van der Waals surface area contributed by atoms with E-state index in [4.69, 9.17) is 4.74 Å². The molecule has 18 heavy (non-hydrogen) atoms. The summed E-state index contributed by atoms with van der Waals surface area (Å²) < 4.78 is 5.89. The van der Waals surface area contributed by atoms with Crippen LogP contribution in [0.5, 0.6) is 11.5 Å². The average Bonchev–Trinajstić information content (AvgIpc) is 2.54. The Hall–Kier alpha value is -2.29. The topological polar surface area (TPSA) is 29.5 Å². The number of carbonyl (C=O) groups excluding carboxylic acids is 1. The summed E-state index contributed by atoms with van der Waals surface area (Å²) in [4.78, 5) is 12.9. The molecule has 2 aromatic rings. The van der Waals surface area contributed by atoms with E-state index in [-0.39, 0.29) is 0 Å². The quantitative estimate of drug-likeness (QED) is 0.715. The zero-order valence-electron chi connectivity index (χ0n) is 10.1. The van der Waals surface area contributed by atoms with Crippen LogP contribution in [0.3, 0.4) is 0 Å². The monoisotopic (exact) mass is 239 g/mol. The largest absolute Gasteiger partial charge is 0.455 e. The predicted molar refractivity (Wildman–Crippen MR) is 69.9 cm³/mol. The molecular formula is C15H13NO2. The van der Waals surface area contributed by atoms with Crippen molar-refractivity contribution in [2.24, 2.45) is 0 Å². The van der Waals surface area contributed by atoms with E-state index in [1.165, 1.54) is 0 Å². The van der Waals surface area contributed by atoms with Crippen LogP contribution in [0.25, 0.3) is 0 Å². The van der Waals surface area contributed by atoms with Crippen molar-refractivity contribution < 1.29 is 9.53 Å². The molecule has 0 aromatic heterocycles. The number of amides is 1. The summed E-state index contributed by atoms with van der Waals surface area (Å²) in [5.74, 6) is 1.53. The third-order valence-corrected chi connectivity index (χ3v) is 3.08. The van der Waals surface area contributed by atoms with Crippen molar-refractivity contribution in [2.45, 2.75) is 13.5 Å². The Balaban J connectivity index is 2.17. The lowest BCUT2D eigenvalue weighted by atomic mass is 10.2. The summed E-state index contributed by atoms with van der Waals surface area (Å²) in [5.41, 5.74) is 2.94. The number of carbonyl (C=O) groups is 1. The van der Waals surface area contributed by atoms with Gasteiger partial charge in [-0.3, -0.25) is 4.79 Å². The second-order valence-electron chi connectivity index (χ2n) is 4.41. The zero-order chi connectivity index (χ0) is 12.5. The number of nitrogens with zero attached hydrogens (tertiary/aromatic N) is 1. The number of rotatable bonds is 1. The smallest absolute Gasteiger partial charge is 0.214 e. The summed E-state index contributed by atoms with van der Waals surface area (Å²) in [6.45, 7) is 2.54. The second kappa shape index (κ2) is 4.18. The predicted octanol–water partition coefficient (Wildman–Crippen LogP) is 3.26. The molecule has 0 spiro atoms. The highest BCUT2D eigenvalue weighted by Crippen LogP contribution is 2.38. The van der Waals surface area contributed by atoms with Crippen molar-refractivity contribution in [3.63, 3.8) is 0 Å². The van der Waals surface area contributed by atoms with Crippen LogP contribution in [0.15, 0.2) is 42.5 Å². The van der Waals surface area contributed by atoms with Gasteiger partial charge in [-0.05, 0) is 30.7 Å². The van der Waals surface area contributed by atoms with Crippen LogP contribution in [0.2, 0.25) is 0 Å². The minimum Gasteiger partial charge on any atom is -0.455 e. The highest BCUT2D eigenvalue weighted by molar-refractivity contribution is 5.80. The maximum absolute atomic E-state index is 11.3. The maximum atomic E-state index is 11.3. The fourth-order valence-electron chi connectivity index (χ4n) is 2.15. The molecule has 0 atom stereocenters. The molecular weight excluding hydrogens is 226 g/mol. The molecule has 1 aliphatic rings. The van der Waals surface area contributed by atoms with Gasteiger partial charge < -0.3 is 9.64 Å². The van der Waals surface area contributed by atoms with Crippen LogP contribution < -0.4 is 9.64 Å². The minimum absolute atomic E-state index is 0.538. The number of hydrogen-bond donors (Lipinski definition) is 0. The fourth-order valence-corrected chi connectivity index (χ4v) is 2.15. The normalized spacial score (nSPS) is 13.1. The standard InChI is InChI=1S/C15H13NO2/c1-11-6-7-15-13(8-11)16(10-17)9-12-4-2-3-5-14(12)18-15/h2-8,10H,9H2,1H3. The molecule has 1 amide bonds. The van der Waals surface area contributed by atoms with Crippen LogP contribution in [0.1, 0.15) is 11.1 Å². The van der Waals surface area contributed by atoms with Crippen LogP contribution in [0.4, 0.5) is 5.69 Å². The van der Waals surface area contributed by atoms with Gasteiger partial charge in [-0.2, -0.15) is 0 Å². The number of aryl methyl sites for hydroxylation is 1. The summed E-state index contributed by atoms with van der Waals surface area (Å²) in [7, 11) is 0. The molecule has 0 aliphatic carbocycles. The van der Waals surface area contributed by atoms with Crippen LogP contribution in [-0.4, -0.2) is 6.41 Å². The van der Waals surface area contributed by atoms with Gasteiger partial charge in [-0.15, -0.1) is 0 Å². The van der Waals surface area contributed by atoms with Crippen LogP contribution >= 0.6 is 0 Å². The molecule has 3 rings (SSSR count). The third kappa shape index (κ3) is 1.74. The first-order chi connectivity index (χ1) is 8.78. The molecule has 0 saturated heterocycles. The Kier molecular flexibility index (Phi) is 2.52. The fraction of sp³-hybridized carbons (Fsp3) is 0.133. The van der Waals surface area contributed by atoms with E-state index in [2.05, 4.69) is 0 Å². The molecule has 3 heteroatoms. The van der Waals surface area contributed by atoms with E-state index in [0.29, 0.717) is 6.54 Å². The van der Waals surface area contributed by atoms with E-state index >= 15 is 0 Å². The SMILES string of the molecule is Cc1ccc2c(c1)N(C=O)Cc1ccccc1O2. The van der Waals surface area contributed by atoms with Gasteiger partial charge >= 0.3 is 0 Å². The summed E-state index contributed by atoms with van der Waals surface area (Å²) in [6.07, 6.45) is 0.851. The van der Waals surface area contributed by atoms with E-state index in [9.17, 15) is 4.79 Å². The Morgan fingerprint density at radius 2 is 2.00 bits per heavy atom. The van der Waals surface area contributed by atoms with Gasteiger partial charge in [0.15, 0.2) is 5.75 Å². The maximum Gasteiger partial charge on any atom is 0.214 e. The number of fused-ring (bicyclic) bond motifs is 2. The number of anilines is 1. The lowest BCUT2D eigenvalue weighted by Gasteiger charge is -2.16. The number of benzene rings is 2. The van der Waals surface area contributed by atoms with Crippen LogP contribution in [-0.2, 0) is 11.3 Å². The molecule has 2 aromatic carbocycles. The first kappa shape index (κ1) is 10.8. The summed E-state index contributed by atoms with van der Waals surface area (Å²) in [5, 5.41) is 0. The number of hydrogen-bond acceptors (Lipinski definition) is 2. The Bertz CT molecular complexity index is 607. The van der Waals surface area contributed by atoms with Gasteiger partial charge in [-0.25, -0.2) is 0 Å². The summed E-state index contributed by atoms with van der Waals surface area (Å²) >= 11 is 0. The summed E-state index contributed by atoms with van der Waals surface area (Å²) in [6, 6.07) is 13.6. The van der Waals surface area contributed by atoms with Crippen molar-refractivity contribution in [1.29, 1.82) is 0 Å². The minimum atomic E-state index is 0.538. The molecule has 1 aliphatic heterocycles. The molecule has 1 heterocycles. The highest BCUT2D eigenvalue weighted by Gasteiger charge is 2.19. The third-order valence-electron chi connectivity index (χ3n) is 3.08. The average molecular weight is 239 g/mol. The van der Waals surface area contributed by atoms with E-state index in [1.807, 2.05) is 49.4 Å².